The summed E-state index contributed by atoms with van der Waals surface area (Å²) >= 11 is 0. The van der Waals surface area contributed by atoms with Gasteiger partial charge in [0.2, 0.25) is 11.8 Å². The van der Waals surface area contributed by atoms with Crippen LogP contribution in [0.5, 0.6) is 5.75 Å². The Labute approximate surface area is 259 Å². The quantitative estimate of drug-likeness (QED) is 0.263. The predicted octanol–water partition coefficient (Wildman–Crippen LogP) is 3.87. The molecule has 2 rings (SSSR count). The highest BCUT2D eigenvalue weighted by Gasteiger charge is 2.39. The minimum Gasteiger partial charge on any atom is -0.508 e. The van der Waals surface area contributed by atoms with Gasteiger partial charge in [-0.1, -0.05) is 56.3 Å². The molecule has 11 nitrogen and oxygen atoms in total. The molecular formula is C33H47N3O8. The summed E-state index contributed by atoms with van der Waals surface area (Å²) in [7, 11) is 0. The maximum atomic E-state index is 14.2. The molecule has 0 aromatic heterocycles. The first-order chi connectivity index (χ1) is 20.4. The first-order valence-corrected chi connectivity index (χ1v) is 14.7. The van der Waals surface area contributed by atoms with Crippen molar-refractivity contribution < 1.29 is 38.9 Å². The van der Waals surface area contributed by atoms with Gasteiger partial charge in [0.1, 0.15) is 35.1 Å². The zero-order valence-corrected chi connectivity index (χ0v) is 26.9. The summed E-state index contributed by atoms with van der Waals surface area (Å²) in [6.07, 6.45) is -0.712. The Bertz CT molecular complexity index is 1270. The number of aromatic hydroxyl groups is 1. The first kappa shape index (κ1) is 36.1. The van der Waals surface area contributed by atoms with E-state index in [9.17, 15) is 29.4 Å². The maximum Gasteiger partial charge on any atom is 0.408 e. The largest absolute Gasteiger partial charge is 0.508 e. The van der Waals surface area contributed by atoms with Gasteiger partial charge < -0.3 is 35.2 Å². The molecule has 4 N–H and O–H groups in total. The highest BCUT2D eigenvalue weighted by Crippen LogP contribution is 2.27. The number of aliphatic hydroxyl groups is 1. The second-order valence-corrected chi connectivity index (χ2v) is 12.9. The smallest absolute Gasteiger partial charge is 0.408 e. The highest BCUT2D eigenvalue weighted by atomic mass is 16.6. The van der Waals surface area contributed by atoms with Gasteiger partial charge >= 0.3 is 12.1 Å². The van der Waals surface area contributed by atoms with Gasteiger partial charge in [0.25, 0.3) is 0 Å². The van der Waals surface area contributed by atoms with Gasteiger partial charge in [-0.25, -0.2) is 9.59 Å². The van der Waals surface area contributed by atoms with Crippen LogP contribution in [0.2, 0.25) is 0 Å². The van der Waals surface area contributed by atoms with Crippen molar-refractivity contribution >= 4 is 23.9 Å². The average Bonchev–Trinajstić information content (AvgIpc) is 2.89. The Morgan fingerprint density at radius 1 is 0.864 bits per heavy atom. The number of hydrogen-bond donors (Lipinski definition) is 4. The first-order valence-electron chi connectivity index (χ1n) is 14.7. The van der Waals surface area contributed by atoms with Crippen LogP contribution in [-0.2, 0) is 30.3 Å². The molecule has 2 aromatic rings. The fraction of sp³-hybridized carbons (Fsp3) is 0.515. The van der Waals surface area contributed by atoms with E-state index in [4.69, 9.17) is 9.47 Å². The van der Waals surface area contributed by atoms with E-state index in [0.29, 0.717) is 0 Å². The second kappa shape index (κ2) is 15.6. The number of hydrogen-bond acceptors (Lipinski definition) is 8. The van der Waals surface area contributed by atoms with Crippen molar-refractivity contribution in [3.05, 3.63) is 65.7 Å². The minimum atomic E-state index is -1.40. The molecule has 0 aliphatic rings. The Morgan fingerprint density at radius 2 is 1.48 bits per heavy atom. The van der Waals surface area contributed by atoms with Crippen molar-refractivity contribution in [2.75, 3.05) is 13.2 Å². The van der Waals surface area contributed by atoms with Crippen molar-refractivity contribution in [3.63, 3.8) is 0 Å². The van der Waals surface area contributed by atoms with Crippen LogP contribution in [0.15, 0.2) is 54.6 Å². The van der Waals surface area contributed by atoms with Crippen molar-refractivity contribution in [1.82, 2.24) is 15.5 Å². The fourth-order valence-electron chi connectivity index (χ4n) is 4.44. The lowest BCUT2D eigenvalue weighted by atomic mass is 9.98. The Balaban J connectivity index is 2.56. The summed E-state index contributed by atoms with van der Waals surface area (Å²) in [6.45, 7) is 12.9. The summed E-state index contributed by atoms with van der Waals surface area (Å²) in [5.74, 6) is -2.67. The number of esters is 1. The molecule has 44 heavy (non-hydrogen) atoms. The predicted molar refractivity (Wildman–Crippen MR) is 166 cm³/mol. The molecule has 242 valence electrons. The van der Waals surface area contributed by atoms with E-state index in [1.807, 2.05) is 30.3 Å². The standard InChI is InChI=1S/C33H47N3O8/c1-21(2)26(35-31(42)44-33(6,7)8)29(40)36(17-18-37)27(23-15-12-16-24(38)20-23)28(39)34-25(30(41)43-32(3,4)5)19-22-13-10-9-11-14-22/h9-16,20-21,25-27,37-38H,17-19H2,1-8H3,(H,34,39)(H,35,42). The van der Waals surface area contributed by atoms with Gasteiger partial charge in [-0.05, 0) is 70.7 Å². The average molecular weight is 614 g/mol. The molecule has 3 unspecified atom stereocenters. The molecule has 0 saturated carbocycles. The molecule has 0 heterocycles. The number of alkyl carbamates (subject to hydrolysis) is 1. The number of carbonyl (C=O) groups excluding carboxylic acids is 4. The van der Waals surface area contributed by atoms with Crippen LogP contribution in [0.25, 0.3) is 0 Å². The minimum absolute atomic E-state index is 0.108. The Morgan fingerprint density at radius 3 is 2.00 bits per heavy atom. The molecule has 0 aliphatic carbocycles. The lowest BCUT2D eigenvalue weighted by molar-refractivity contribution is -0.159. The molecule has 0 radical (unpaired) electrons. The van der Waals surface area contributed by atoms with E-state index in [0.717, 1.165) is 10.5 Å². The van der Waals surface area contributed by atoms with Crippen LogP contribution in [0.1, 0.15) is 72.6 Å². The van der Waals surface area contributed by atoms with Gasteiger partial charge in [0.15, 0.2) is 0 Å². The second-order valence-electron chi connectivity index (χ2n) is 12.9. The summed E-state index contributed by atoms with van der Waals surface area (Å²) < 4.78 is 11.0. The number of carbonyl (C=O) groups is 4. The van der Waals surface area contributed by atoms with Crippen molar-refractivity contribution in [3.8, 4) is 5.75 Å². The van der Waals surface area contributed by atoms with Crippen LogP contribution in [-0.4, -0.2) is 75.4 Å². The van der Waals surface area contributed by atoms with E-state index in [-0.39, 0.29) is 24.3 Å². The molecule has 0 saturated heterocycles. The summed E-state index contributed by atoms with van der Waals surface area (Å²) in [5, 5.41) is 25.6. The van der Waals surface area contributed by atoms with Crippen LogP contribution in [0.4, 0.5) is 4.79 Å². The number of rotatable bonds is 12. The fourth-order valence-corrected chi connectivity index (χ4v) is 4.44. The maximum absolute atomic E-state index is 14.2. The molecule has 0 fully saturated rings. The lowest BCUT2D eigenvalue weighted by Gasteiger charge is -2.36. The van der Waals surface area contributed by atoms with Gasteiger partial charge in [-0.15, -0.1) is 0 Å². The summed E-state index contributed by atoms with van der Waals surface area (Å²) in [6, 6.07) is 11.2. The van der Waals surface area contributed by atoms with E-state index in [2.05, 4.69) is 10.6 Å². The van der Waals surface area contributed by atoms with E-state index >= 15 is 0 Å². The van der Waals surface area contributed by atoms with Gasteiger partial charge in [0.05, 0.1) is 6.61 Å². The van der Waals surface area contributed by atoms with Crippen LogP contribution in [0.3, 0.4) is 0 Å². The molecule has 0 aliphatic heterocycles. The van der Waals surface area contributed by atoms with E-state index in [1.54, 1.807) is 61.5 Å². The number of amides is 3. The highest BCUT2D eigenvalue weighted by molar-refractivity contribution is 5.94. The zero-order valence-electron chi connectivity index (χ0n) is 26.9. The number of benzene rings is 2. The normalized spacial score (nSPS) is 13.8. The summed E-state index contributed by atoms with van der Waals surface area (Å²) in [5.41, 5.74) is -0.661. The monoisotopic (exact) mass is 613 g/mol. The third-order valence-corrected chi connectivity index (χ3v) is 6.27. The zero-order chi connectivity index (χ0) is 33.2. The Kier molecular flexibility index (Phi) is 12.8. The molecular weight excluding hydrogens is 566 g/mol. The molecule has 3 amide bonds. The number of nitrogens with zero attached hydrogens (tertiary/aromatic N) is 1. The number of phenols is 1. The van der Waals surface area contributed by atoms with Gasteiger partial charge in [-0.2, -0.15) is 0 Å². The van der Waals surface area contributed by atoms with Crippen LogP contribution < -0.4 is 10.6 Å². The van der Waals surface area contributed by atoms with Gasteiger partial charge in [-0.3, -0.25) is 9.59 Å². The lowest BCUT2D eigenvalue weighted by Crippen LogP contribution is -2.56. The Hall–Kier alpha value is -4.12. The number of nitrogens with one attached hydrogen (secondary N) is 2. The van der Waals surface area contributed by atoms with E-state index in [1.165, 1.54) is 18.2 Å². The molecule has 2 aromatic carbocycles. The molecule has 0 bridgehead atoms. The number of phenolic OH excluding ortho intramolecular Hbond substituents is 1. The third kappa shape index (κ3) is 11.5. The SMILES string of the molecule is CC(C)C(NC(=O)OC(C)(C)C)C(=O)N(CCO)C(C(=O)NC(Cc1ccccc1)C(=O)OC(C)(C)C)c1cccc(O)c1. The van der Waals surface area contributed by atoms with Crippen LogP contribution in [0, 0.1) is 5.92 Å². The molecule has 0 spiro atoms. The molecule has 11 heteroatoms. The van der Waals surface area contributed by atoms with Crippen molar-refractivity contribution in [2.24, 2.45) is 5.92 Å². The number of aliphatic hydroxyl groups excluding tert-OH is 1. The number of ether oxygens (including phenoxy) is 2. The third-order valence-electron chi connectivity index (χ3n) is 6.27. The van der Waals surface area contributed by atoms with E-state index < -0.39 is 65.7 Å². The van der Waals surface area contributed by atoms with Crippen molar-refractivity contribution in [2.45, 2.75) is 91.1 Å². The molecule has 3 atom stereocenters. The topological polar surface area (TPSA) is 154 Å². The summed E-state index contributed by atoms with van der Waals surface area (Å²) in [4.78, 5) is 55.4. The van der Waals surface area contributed by atoms with Crippen molar-refractivity contribution in [1.29, 1.82) is 0 Å². The van der Waals surface area contributed by atoms with Crippen LogP contribution >= 0.6 is 0 Å². The van der Waals surface area contributed by atoms with Gasteiger partial charge in [0, 0.05) is 13.0 Å².